The lowest BCUT2D eigenvalue weighted by atomic mass is 9.95. The van der Waals surface area contributed by atoms with Gasteiger partial charge in [0.25, 0.3) is 5.91 Å². The van der Waals surface area contributed by atoms with Gasteiger partial charge in [0.05, 0.1) is 11.8 Å². The Bertz CT molecular complexity index is 456. The van der Waals surface area contributed by atoms with Crippen molar-refractivity contribution in [2.24, 2.45) is 5.92 Å². The van der Waals surface area contributed by atoms with Gasteiger partial charge in [0, 0.05) is 13.1 Å². The van der Waals surface area contributed by atoms with Crippen molar-refractivity contribution in [3.05, 3.63) is 24.2 Å². The maximum absolute atomic E-state index is 12.4. The van der Waals surface area contributed by atoms with Crippen LogP contribution in [0.2, 0.25) is 0 Å². The van der Waals surface area contributed by atoms with Gasteiger partial charge in [-0.25, -0.2) is 0 Å². The van der Waals surface area contributed by atoms with Crippen LogP contribution in [0.5, 0.6) is 0 Å². The molecule has 1 aliphatic heterocycles. The van der Waals surface area contributed by atoms with Crippen molar-refractivity contribution in [3.8, 4) is 0 Å². The normalized spacial score (nSPS) is 20.5. The molecule has 0 radical (unpaired) electrons. The predicted molar refractivity (Wildman–Crippen MR) is 75.2 cm³/mol. The molecular formula is C15H22N2O3. The van der Waals surface area contributed by atoms with E-state index < -0.39 is 6.04 Å². The highest BCUT2D eigenvalue weighted by Crippen LogP contribution is 2.19. The minimum Gasteiger partial charge on any atom is -0.472 e. The Labute approximate surface area is 119 Å². The molecule has 110 valence electrons. The summed E-state index contributed by atoms with van der Waals surface area (Å²) in [7, 11) is 0. The average molecular weight is 278 g/mol. The van der Waals surface area contributed by atoms with Crippen LogP contribution in [0.25, 0.3) is 0 Å². The summed E-state index contributed by atoms with van der Waals surface area (Å²) in [6.45, 7) is 5.49. The van der Waals surface area contributed by atoms with Gasteiger partial charge in [-0.3, -0.25) is 9.59 Å². The van der Waals surface area contributed by atoms with Crippen molar-refractivity contribution in [1.29, 1.82) is 0 Å². The van der Waals surface area contributed by atoms with E-state index >= 15 is 0 Å². The average Bonchev–Trinajstić information content (AvgIpc) is 3.00. The van der Waals surface area contributed by atoms with Gasteiger partial charge in [0.1, 0.15) is 12.3 Å². The van der Waals surface area contributed by atoms with Crippen LogP contribution in [0.4, 0.5) is 0 Å². The SMILES string of the molecule is CC[C@H]1CCCN(C(=O)[C@@H](C)NC(=O)c2ccoc2)C1. The number of furan rings is 1. The van der Waals surface area contributed by atoms with Gasteiger partial charge in [-0.05, 0) is 31.7 Å². The van der Waals surface area contributed by atoms with Crippen LogP contribution in [0.1, 0.15) is 43.5 Å². The molecule has 1 aromatic rings. The molecule has 0 aliphatic carbocycles. The first-order valence-corrected chi connectivity index (χ1v) is 7.23. The van der Waals surface area contributed by atoms with Crippen LogP contribution in [-0.2, 0) is 4.79 Å². The quantitative estimate of drug-likeness (QED) is 0.916. The number of nitrogens with one attached hydrogen (secondary N) is 1. The first-order chi connectivity index (χ1) is 9.61. The van der Waals surface area contributed by atoms with Crippen LogP contribution >= 0.6 is 0 Å². The molecule has 20 heavy (non-hydrogen) atoms. The summed E-state index contributed by atoms with van der Waals surface area (Å²) >= 11 is 0. The molecule has 0 unspecified atom stereocenters. The lowest BCUT2D eigenvalue weighted by Gasteiger charge is -2.34. The number of rotatable bonds is 4. The van der Waals surface area contributed by atoms with Crippen LogP contribution in [0, 0.1) is 5.92 Å². The van der Waals surface area contributed by atoms with Crippen molar-refractivity contribution in [2.45, 2.75) is 39.2 Å². The van der Waals surface area contributed by atoms with Crippen LogP contribution in [0.3, 0.4) is 0 Å². The summed E-state index contributed by atoms with van der Waals surface area (Å²) in [5, 5.41) is 2.72. The number of hydrogen-bond acceptors (Lipinski definition) is 3. The number of carbonyl (C=O) groups is 2. The second-order valence-corrected chi connectivity index (χ2v) is 5.41. The molecular weight excluding hydrogens is 256 g/mol. The topological polar surface area (TPSA) is 62.6 Å². The lowest BCUT2D eigenvalue weighted by Crippen LogP contribution is -2.49. The van der Waals surface area contributed by atoms with Crippen molar-refractivity contribution in [3.63, 3.8) is 0 Å². The molecule has 2 heterocycles. The fourth-order valence-electron chi connectivity index (χ4n) is 2.61. The third-order valence-electron chi connectivity index (χ3n) is 3.91. The van der Waals surface area contributed by atoms with E-state index in [9.17, 15) is 9.59 Å². The zero-order valence-corrected chi connectivity index (χ0v) is 12.1. The molecule has 5 nitrogen and oxygen atoms in total. The van der Waals surface area contributed by atoms with Crippen molar-refractivity contribution < 1.29 is 14.0 Å². The number of carbonyl (C=O) groups excluding carboxylic acids is 2. The third-order valence-corrected chi connectivity index (χ3v) is 3.91. The summed E-state index contributed by atoms with van der Waals surface area (Å²) in [6, 6.07) is 1.08. The monoisotopic (exact) mass is 278 g/mol. The van der Waals surface area contributed by atoms with E-state index in [1.54, 1.807) is 13.0 Å². The Morgan fingerprint density at radius 3 is 3.00 bits per heavy atom. The highest BCUT2D eigenvalue weighted by atomic mass is 16.3. The maximum Gasteiger partial charge on any atom is 0.255 e. The Morgan fingerprint density at radius 1 is 1.55 bits per heavy atom. The fourth-order valence-corrected chi connectivity index (χ4v) is 2.61. The Morgan fingerprint density at radius 2 is 2.35 bits per heavy atom. The van der Waals surface area contributed by atoms with Gasteiger partial charge < -0.3 is 14.6 Å². The van der Waals surface area contributed by atoms with Gasteiger partial charge in [-0.15, -0.1) is 0 Å². The number of hydrogen-bond donors (Lipinski definition) is 1. The molecule has 0 spiro atoms. The molecule has 0 saturated carbocycles. The number of amides is 2. The van der Waals surface area contributed by atoms with Crippen molar-refractivity contribution in [2.75, 3.05) is 13.1 Å². The minimum absolute atomic E-state index is 0.00000472. The highest BCUT2D eigenvalue weighted by Gasteiger charge is 2.27. The third kappa shape index (κ3) is 3.40. The van der Waals surface area contributed by atoms with Gasteiger partial charge in [-0.1, -0.05) is 13.3 Å². The molecule has 1 saturated heterocycles. The van der Waals surface area contributed by atoms with Crippen LogP contribution in [-0.4, -0.2) is 35.8 Å². The minimum atomic E-state index is -0.506. The van der Waals surface area contributed by atoms with Gasteiger partial charge in [-0.2, -0.15) is 0 Å². The Hall–Kier alpha value is -1.78. The van der Waals surface area contributed by atoms with E-state index in [4.69, 9.17) is 4.42 Å². The first kappa shape index (κ1) is 14.6. The lowest BCUT2D eigenvalue weighted by molar-refractivity contribution is -0.134. The molecule has 1 aromatic heterocycles. The number of likely N-dealkylation sites (tertiary alicyclic amines) is 1. The second-order valence-electron chi connectivity index (χ2n) is 5.41. The van der Waals surface area contributed by atoms with Crippen LogP contribution in [0.15, 0.2) is 23.0 Å². The Kier molecular flexibility index (Phi) is 4.82. The van der Waals surface area contributed by atoms with Gasteiger partial charge in [0.15, 0.2) is 0 Å². The number of nitrogens with zero attached hydrogens (tertiary/aromatic N) is 1. The largest absolute Gasteiger partial charge is 0.472 e. The first-order valence-electron chi connectivity index (χ1n) is 7.23. The summed E-state index contributed by atoms with van der Waals surface area (Å²) in [5.41, 5.74) is 0.440. The maximum atomic E-state index is 12.4. The van der Waals surface area contributed by atoms with Crippen molar-refractivity contribution in [1.82, 2.24) is 10.2 Å². The molecule has 1 fully saturated rings. The molecule has 1 aliphatic rings. The summed E-state index contributed by atoms with van der Waals surface area (Å²) in [5.74, 6) is 0.313. The molecule has 0 aromatic carbocycles. The smallest absolute Gasteiger partial charge is 0.255 e. The summed E-state index contributed by atoms with van der Waals surface area (Å²) < 4.78 is 4.87. The molecule has 2 atom stereocenters. The second kappa shape index (κ2) is 6.59. The summed E-state index contributed by atoms with van der Waals surface area (Å²) in [6.07, 6.45) is 6.15. The Balaban J connectivity index is 1.90. The molecule has 5 heteroatoms. The van der Waals surface area contributed by atoms with Gasteiger partial charge in [0.2, 0.25) is 5.91 Å². The van der Waals surface area contributed by atoms with E-state index in [0.29, 0.717) is 11.5 Å². The zero-order valence-electron chi connectivity index (χ0n) is 12.1. The summed E-state index contributed by atoms with van der Waals surface area (Å²) in [4.78, 5) is 26.1. The molecule has 1 N–H and O–H groups in total. The standard InChI is InChI=1S/C15H22N2O3/c1-3-12-5-4-7-17(9-12)15(19)11(2)16-14(18)13-6-8-20-10-13/h6,8,10-12H,3-5,7,9H2,1-2H3,(H,16,18)/t11-,12+/m1/s1. The molecule has 0 bridgehead atoms. The van der Waals surface area contributed by atoms with E-state index in [2.05, 4.69) is 12.2 Å². The van der Waals surface area contributed by atoms with E-state index in [1.807, 2.05) is 4.90 Å². The van der Waals surface area contributed by atoms with E-state index in [0.717, 1.165) is 25.9 Å². The van der Waals surface area contributed by atoms with Crippen LogP contribution < -0.4 is 5.32 Å². The van der Waals surface area contributed by atoms with Crippen molar-refractivity contribution >= 4 is 11.8 Å². The van der Waals surface area contributed by atoms with Gasteiger partial charge >= 0.3 is 0 Å². The number of piperidine rings is 1. The molecule has 2 amide bonds. The fraction of sp³-hybridized carbons (Fsp3) is 0.600. The zero-order chi connectivity index (χ0) is 14.5. The molecule has 2 rings (SSSR count). The van der Waals surface area contributed by atoms with E-state index in [-0.39, 0.29) is 11.8 Å². The highest BCUT2D eigenvalue weighted by molar-refractivity contribution is 5.97. The van der Waals surface area contributed by atoms with E-state index in [1.165, 1.54) is 18.9 Å². The predicted octanol–water partition coefficient (Wildman–Crippen LogP) is 2.05.